The van der Waals surface area contributed by atoms with Crippen LogP contribution in [0.3, 0.4) is 0 Å². The van der Waals surface area contributed by atoms with Gasteiger partial charge in [0.15, 0.2) is 28.9 Å². The molecule has 12 heteroatoms. The van der Waals surface area contributed by atoms with Crippen LogP contribution in [0.15, 0.2) is 30.9 Å². The molecule has 3 N–H and O–H groups in total. The Bertz CT molecular complexity index is 987. The topological polar surface area (TPSA) is 124 Å². The van der Waals surface area contributed by atoms with Crippen LogP contribution in [0, 0.1) is 11.6 Å². The van der Waals surface area contributed by atoms with Crippen molar-refractivity contribution in [1.82, 2.24) is 19.7 Å². The van der Waals surface area contributed by atoms with Gasteiger partial charge in [0.25, 0.3) is 0 Å². The van der Waals surface area contributed by atoms with Gasteiger partial charge in [-0.1, -0.05) is 0 Å². The van der Waals surface area contributed by atoms with Gasteiger partial charge < -0.3 is 29.7 Å². The van der Waals surface area contributed by atoms with Crippen LogP contribution in [-0.4, -0.2) is 56.9 Å². The Morgan fingerprint density at radius 3 is 2.32 bits per heavy atom. The van der Waals surface area contributed by atoms with Crippen LogP contribution in [0.5, 0.6) is 17.2 Å². The number of nitrogens with zero attached hydrogens (tertiary/aromatic N) is 4. The van der Waals surface area contributed by atoms with Crippen molar-refractivity contribution in [3.63, 3.8) is 0 Å². The Hall–Kier alpha value is -3.51. The molecule has 0 aliphatic heterocycles. The van der Waals surface area contributed by atoms with Crippen molar-refractivity contribution in [3.8, 4) is 17.2 Å². The second-order valence-corrected chi connectivity index (χ2v) is 6.33. The second kappa shape index (κ2) is 10.00. The maximum atomic E-state index is 14.4. The zero-order valence-corrected chi connectivity index (χ0v) is 16.7. The van der Waals surface area contributed by atoms with Gasteiger partial charge in [0.1, 0.15) is 6.61 Å². The fourth-order valence-electron chi connectivity index (χ4n) is 2.60. The molecule has 3 aromatic rings. The van der Waals surface area contributed by atoms with Gasteiger partial charge >= 0.3 is 0 Å². The van der Waals surface area contributed by atoms with Gasteiger partial charge in [-0.3, -0.25) is 4.68 Å². The highest BCUT2D eigenvalue weighted by Crippen LogP contribution is 2.32. The number of anilines is 2. The maximum absolute atomic E-state index is 14.4. The summed E-state index contributed by atoms with van der Waals surface area (Å²) in [5, 5.41) is 25.2. The molecule has 0 aliphatic carbocycles. The van der Waals surface area contributed by atoms with Crippen LogP contribution in [0.2, 0.25) is 0 Å². The first-order valence-electron chi connectivity index (χ1n) is 9.07. The van der Waals surface area contributed by atoms with Crippen molar-refractivity contribution < 1.29 is 33.2 Å². The highest BCUT2D eigenvalue weighted by atomic mass is 19.1. The van der Waals surface area contributed by atoms with Crippen LogP contribution >= 0.6 is 0 Å². The molecule has 0 saturated carbocycles. The Labute approximate surface area is 176 Å². The van der Waals surface area contributed by atoms with Crippen molar-refractivity contribution in [1.29, 1.82) is 0 Å². The molecule has 1 atom stereocenters. The molecule has 0 aliphatic rings. The summed E-state index contributed by atoms with van der Waals surface area (Å²) in [6, 6.07) is 1.12. The summed E-state index contributed by atoms with van der Waals surface area (Å²) in [5.74, 6) is -1.69. The van der Waals surface area contributed by atoms with Crippen LogP contribution in [-0.2, 0) is 13.2 Å². The number of hydrogen-bond donors (Lipinski definition) is 3. The maximum Gasteiger partial charge on any atom is 0.227 e. The van der Waals surface area contributed by atoms with E-state index in [1.807, 2.05) is 0 Å². The zero-order chi connectivity index (χ0) is 22.4. The highest BCUT2D eigenvalue weighted by Gasteiger charge is 2.20. The molecule has 0 saturated heterocycles. The summed E-state index contributed by atoms with van der Waals surface area (Å²) in [7, 11) is 2.52. The van der Waals surface area contributed by atoms with Crippen LogP contribution in [0.1, 0.15) is 5.56 Å². The van der Waals surface area contributed by atoms with Crippen molar-refractivity contribution in [3.05, 3.63) is 48.1 Å². The molecule has 10 nitrogen and oxygen atoms in total. The number of aliphatic hydroxyl groups is 2. The molecule has 1 aromatic carbocycles. The minimum Gasteiger partial charge on any atom is -0.494 e. The predicted octanol–water partition coefficient (Wildman–Crippen LogP) is 1.64. The number of benzene rings is 1. The van der Waals surface area contributed by atoms with E-state index in [0.717, 1.165) is 6.07 Å². The Morgan fingerprint density at radius 2 is 1.74 bits per heavy atom. The lowest BCUT2D eigenvalue weighted by Gasteiger charge is -2.13. The molecular formula is C19H21F2N5O5. The molecule has 2 aromatic heterocycles. The molecule has 2 heterocycles. The van der Waals surface area contributed by atoms with E-state index in [-0.39, 0.29) is 41.9 Å². The lowest BCUT2D eigenvalue weighted by Crippen LogP contribution is -2.19. The van der Waals surface area contributed by atoms with E-state index in [4.69, 9.17) is 19.3 Å². The van der Waals surface area contributed by atoms with Gasteiger partial charge in [-0.25, -0.2) is 18.7 Å². The van der Waals surface area contributed by atoms with Gasteiger partial charge in [0.05, 0.1) is 63.3 Å². The quantitative estimate of drug-likeness (QED) is 0.434. The van der Waals surface area contributed by atoms with Crippen molar-refractivity contribution in [2.75, 3.05) is 26.1 Å². The highest BCUT2D eigenvalue weighted by molar-refractivity contribution is 5.50. The van der Waals surface area contributed by atoms with E-state index in [1.54, 1.807) is 6.20 Å². The molecule has 31 heavy (non-hydrogen) atoms. The largest absolute Gasteiger partial charge is 0.494 e. The van der Waals surface area contributed by atoms with Gasteiger partial charge in [0.2, 0.25) is 5.95 Å². The fraction of sp³-hybridized carbons (Fsp3) is 0.316. The second-order valence-electron chi connectivity index (χ2n) is 6.33. The van der Waals surface area contributed by atoms with Gasteiger partial charge in [-0.05, 0) is 0 Å². The lowest BCUT2D eigenvalue weighted by atomic mass is 10.1. The van der Waals surface area contributed by atoms with Crippen molar-refractivity contribution >= 4 is 11.6 Å². The molecule has 0 amide bonds. The molecule has 3 rings (SSSR count). The molecule has 0 radical (unpaired) electrons. The van der Waals surface area contributed by atoms with Gasteiger partial charge in [-0.15, -0.1) is 0 Å². The SMILES string of the molecule is COc1cc(OC)c(F)c(COc2cnc(Nc3cnn(CC(O)CO)c3)nc2)c1F. The zero-order valence-electron chi connectivity index (χ0n) is 16.7. The van der Waals surface area contributed by atoms with Crippen LogP contribution < -0.4 is 19.5 Å². The molecular weight excluding hydrogens is 416 g/mol. The Morgan fingerprint density at radius 1 is 1.10 bits per heavy atom. The number of methoxy groups -OCH3 is 2. The monoisotopic (exact) mass is 437 g/mol. The van der Waals surface area contributed by atoms with Crippen LogP contribution in [0.4, 0.5) is 20.4 Å². The number of nitrogens with one attached hydrogen (secondary N) is 1. The van der Waals surface area contributed by atoms with Gasteiger partial charge in [-0.2, -0.15) is 5.10 Å². The summed E-state index contributed by atoms with van der Waals surface area (Å²) in [4.78, 5) is 8.15. The number of aromatic nitrogens is 4. The van der Waals surface area contributed by atoms with E-state index in [9.17, 15) is 13.9 Å². The number of ether oxygens (including phenoxy) is 3. The third-order valence-electron chi connectivity index (χ3n) is 4.17. The summed E-state index contributed by atoms with van der Waals surface area (Å²) in [5.41, 5.74) is 0.210. The summed E-state index contributed by atoms with van der Waals surface area (Å²) >= 11 is 0. The van der Waals surface area contributed by atoms with Crippen molar-refractivity contribution in [2.24, 2.45) is 0 Å². The first-order valence-corrected chi connectivity index (χ1v) is 9.07. The Balaban J connectivity index is 1.64. The lowest BCUT2D eigenvalue weighted by molar-refractivity contribution is 0.0783. The smallest absolute Gasteiger partial charge is 0.227 e. The molecule has 0 fully saturated rings. The third-order valence-corrected chi connectivity index (χ3v) is 4.17. The molecule has 0 spiro atoms. The normalized spacial score (nSPS) is 11.8. The minimum absolute atomic E-state index is 0.133. The third kappa shape index (κ3) is 5.35. The van der Waals surface area contributed by atoms with Crippen LogP contribution in [0.25, 0.3) is 0 Å². The number of rotatable bonds is 10. The fourth-order valence-corrected chi connectivity index (χ4v) is 2.60. The first kappa shape index (κ1) is 22.2. The standard InChI is InChI=1S/C19H21F2N5O5/c1-29-15-3-16(30-2)18(21)14(17(15)20)10-31-13-5-22-19(23-6-13)25-11-4-24-26(7-11)8-12(28)9-27/h3-7,12,27-28H,8-10H2,1-2H3,(H,22,23,25). The summed E-state index contributed by atoms with van der Waals surface area (Å²) in [6.07, 6.45) is 4.86. The first-order chi connectivity index (χ1) is 14.9. The van der Waals surface area contributed by atoms with E-state index < -0.39 is 24.3 Å². The van der Waals surface area contributed by atoms with E-state index in [1.165, 1.54) is 37.5 Å². The number of halogens is 2. The van der Waals surface area contributed by atoms with E-state index >= 15 is 0 Å². The minimum atomic E-state index is -0.917. The molecule has 166 valence electrons. The average Bonchev–Trinajstić information content (AvgIpc) is 3.21. The number of hydrogen-bond acceptors (Lipinski definition) is 9. The summed E-state index contributed by atoms with van der Waals surface area (Å²) in [6.45, 7) is -0.668. The molecule has 0 bridgehead atoms. The average molecular weight is 437 g/mol. The summed E-state index contributed by atoms with van der Waals surface area (Å²) < 4.78 is 45.4. The van der Waals surface area contributed by atoms with E-state index in [2.05, 4.69) is 20.4 Å². The Kier molecular flexibility index (Phi) is 7.15. The van der Waals surface area contributed by atoms with Crippen molar-refractivity contribution in [2.45, 2.75) is 19.3 Å². The van der Waals surface area contributed by atoms with Gasteiger partial charge in [0, 0.05) is 12.3 Å². The number of aliphatic hydroxyl groups excluding tert-OH is 2. The molecule has 1 unspecified atom stereocenters. The predicted molar refractivity (Wildman–Crippen MR) is 104 cm³/mol. The van der Waals surface area contributed by atoms with E-state index in [0.29, 0.717) is 5.69 Å².